The number of aryl methyl sites for hydroxylation is 1. The number of hydrogen-bond donors (Lipinski definition) is 1. The number of carbonyl (C=O) groups excluding carboxylic acids is 5. The molecule has 11 nitrogen and oxygen atoms in total. The summed E-state index contributed by atoms with van der Waals surface area (Å²) >= 11 is 1.33. The van der Waals surface area contributed by atoms with Crippen molar-refractivity contribution >= 4 is 46.0 Å². The van der Waals surface area contributed by atoms with Crippen molar-refractivity contribution in [2.45, 2.75) is 39.2 Å². The third kappa shape index (κ3) is 5.09. The molecule has 42 heavy (non-hydrogen) atoms. The summed E-state index contributed by atoms with van der Waals surface area (Å²) in [6.07, 6.45) is 3.52. The van der Waals surface area contributed by atoms with Crippen LogP contribution in [-0.4, -0.2) is 54.6 Å². The Balaban J connectivity index is 1.11. The molecular formula is C30H26N2O9S. The molecule has 216 valence electrons. The van der Waals surface area contributed by atoms with Gasteiger partial charge in [-0.25, -0.2) is 9.59 Å². The normalized spacial score (nSPS) is 14.8. The number of esters is 2. The minimum Gasteiger partial charge on any atom is -0.462 e. The van der Waals surface area contributed by atoms with Gasteiger partial charge in [-0.15, -0.1) is 11.3 Å². The average molecular weight is 591 g/mol. The lowest BCUT2D eigenvalue weighted by Gasteiger charge is -2.14. The van der Waals surface area contributed by atoms with Gasteiger partial charge in [-0.05, 0) is 74.1 Å². The van der Waals surface area contributed by atoms with Crippen LogP contribution in [0.25, 0.3) is 0 Å². The number of rotatable bonds is 8. The fourth-order valence-electron chi connectivity index (χ4n) is 5.23. The van der Waals surface area contributed by atoms with E-state index in [1.54, 1.807) is 25.1 Å². The summed E-state index contributed by atoms with van der Waals surface area (Å²) in [4.78, 5) is 66.3. The van der Waals surface area contributed by atoms with Gasteiger partial charge in [0.2, 0.25) is 6.79 Å². The van der Waals surface area contributed by atoms with Gasteiger partial charge in [0, 0.05) is 4.88 Å². The molecule has 3 aromatic rings. The molecule has 1 aromatic heterocycles. The molecule has 3 heterocycles. The summed E-state index contributed by atoms with van der Waals surface area (Å²) in [7, 11) is 0. The Morgan fingerprint density at radius 1 is 0.929 bits per heavy atom. The van der Waals surface area contributed by atoms with E-state index in [2.05, 4.69) is 5.32 Å². The minimum absolute atomic E-state index is 0.0167. The Bertz CT molecular complexity index is 1640. The average Bonchev–Trinajstić information content (AvgIpc) is 3.67. The minimum atomic E-state index is -0.835. The van der Waals surface area contributed by atoms with E-state index in [1.165, 1.54) is 29.5 Å². The second-order valence-electron chi connectivity index (χ2n) is 9.90. The molecule has 1 N–H and O–H groups in total. The van der Waals surface area contributed by atoms with Gasteiger partial charge < -0.3 is 24.3 Å². The highest BCUT2D eigenvalue weighted by Gasteiger charge is 2.36. The number of anilines is 1. The van der Waals surface area contributed by atoms with Crippen LogP contribution in [0.1, 0.15) is 77.2 Å². The molecule has 0 atom stereocenters. The second-order valence-corrected chi connectivity index (χ2v) is 11.0. The molecule has 1 aliphatic carbocycles. The van der Waals surface area contributed by atoms with Crippen LogP contribution < -0.4 is 14.8 Å². The number of imide groups is 1. The first-order valence-electron chi connectivity index (χ1n) is 13.5. The van der Waals surface area contributed by atoms with Gasteiger partial charge in [0.05, 0.1) is 35.4 Å². The molecule has 3 aliphatic rings. The molecule has 0 radical (unpaired) electrons. The third-order valence-electron chi connectivity index (χ3n) is 7.22. The Kier molecular flexibility index (Phi) is 7.38. The number of amides is 3. The molecular weight excluding hydrogens is 564 g/mol. The summed E-state index contributed by atoms with van der Waals surface area (Å²) in [5, 5.41) is 3.07. The van der Waals surface area contributed by atoms with Gasteiger partial charge in [0.1, 0.15) is 5.00 Å². The topological polar surface area (TPSA) is 138 Å². The fourth-order valence-corrected chi connectivity index (χ4v) is 6.53. The maximum Gasteiger partial charge on any atom is 0.341 e. The number of ether oxygens (including phenoxy) is 4. The van der Waals surface area contributed by atoms with Crippen LogP contribution in [0.3, 0.4) is 0 Å². The summed E-state index contributed by atoms with van der Waals surface area (Å²) in [6.45, 7) is 1.44. The zero-order valence-corrected chi connectivity index (χ0v) is 23.5. The Morgan fingerprint density at radius 3 is 2.55 bits per heavy atom. The predicted octanol–water partition coefficient (Wildman–Crippen LogP) is 4.12. The zero-order chi connectivity index (χ0) is 29.4. The van der Waals surface area contributed by atoms with Crippen LogP contribution in [0.5, 0.6) is 11.5 Å². The molecule has 12 heteroatoms. The van der Waals surface area contributed by atoms with Gasteiger partial charge in [0.25, 0.3) is 17.7 Å². The second kappa shape index (κ2) is 11.3. The maximum absolute atomic E-state index is 13.1. The van der Waals surface area contributed by atoms with Crippen molar-refractivity contribution < 1.29 is 42.9 Å². The molecule has 0 spiro atoms. The van der Waals surface area contributed by atoms with Crippen molar-refractivity contribution in [3.8, 4) is 11.5 Å². The summed E-state index contributed by atoms with van der Waals surface area (Å²) in [5.41, 5.74) is 2.21. The zero-order valence-electron chi connectivity index (χ0n) is 22.7. The van der Waals surface area contributed by atoms with Crippen LogP contribution in [0, 0.1) is 0 Å². The number of nitrogens with zero attached hydrogens (tertiary/aromatic N) is 1. The molecule has 3 amide bonds. The van der Waals surface area contributed by atoms with Gasteiger partial charge >= 0.3 is 11.9 Å². The van der Waals surface area contributed by atoms with Gasteiger partial charge in [-0.3, -0.25) is 19.3 Å². The molecule has 0 fully saturated rings. The monoisotopic (exact) mass is 590 g/mol. The maximum atomic E-state index is 13.1. The largest absolute Gasteiger partial charge is 0.462 e. The highest BCUT2D eigenvalue weighted by molar-refractivity contribution is 7.17. The number of benzene rings is 2. The van der Waals surface area contributed by atoms with E-state index in [0.29, 0.717) is 27.6 Å². The summed E-state index contributed by atoms with van der Waals surface area (Å²) in [6, 6.07) is 9.23. The highest BCUT2D eigenvalue weighted by atomic mass is 32.1. The van der Waals surface area contributed by atoms with E-state index < -0.39 is 36.3 Å². The predicted molar refractivity (Wildman–Crippen MR) is 149 cm³/mol. The smallest absolute Gasteiger partial charge is 0.341 e. The van der Waals surface area contributed by atoms with Crippen molar-refractivity contribution in [3.05, 3.63) is 74.7 Å². The molecule has 2 aromatic carbocycles. The van der Waals surface area contributed by atoms with E-state index >= 15 is 0 Å². The van der Waals surface area contributed by atoms with Gasteiger partial charge in [-0.1, -0.05) is 6.07 Å². The molecule has 0 unspecified atom stereocenters. The first-order valence-corrected chi connectivity index (χ1v) is 14.3. The lowest BCUT2D eigenvalue weighted by Crippen LogP contribution is -2.29. The van der Waals surface area contributed by atoms with Crippen LogP contribution in [-0.2, 0) is 33.7 Å². The summed E-state index contributed by atoms with van der Waals surface area (Å²) < 4.78 is 21.1. The van der Waals surface area contributed by atoms with Crippen LogP contribution in [0.4, 0.5) is 5.00 Å². The number of carbonyl (C=O) groups is 5. The first-order chi connectivity index (χ1) is 20.3. The van der Waals surface area contributed by atoms with Gasteiger partial charge in [-0.2, -0.15) is 0 Å². The van der Waals surface area contributed by atoms with Crippen LogP contribution >= 0.6 is 11.3 Å². The van der Waals surface area contributed by atoms with E-state index in [-0.39, 0.29) is 36.6 Å². The molecule has 0 bridgehead atoms. The van der Waals surface area contributed by atoms with E-state index in [4.69, 9.17) is 18.9 Å². The number of fused-ring (bicyclic) bond motifs is 3. The number of nitrogens with one attached hydrogen (secondary N) is 1. The van der Waals surface area contributed by atoms with Crippen molar-refractivity contribution in [2.75, 3.05) is 25.3 Å². The van der Waals surface area contributed by atoms with E-state index in [0.717, 1.165) is 41.0 Å². The van der Waals surface area contributed by atoms with Crippen molar-refractivity contribution in [1.29, 1.82) is 0 Å². The Labute approximate surface area is 244 Å². The number of thiophene rings is 1. The lowest BCUT2D eigenvalue weighted by molar-refractivity contribution is -0.119. The van der Waals surface area contributed by atoms with Gasteiger partial charge in [0.15, 0.2) is 18.1 Å². The van der Waals surface area contributed by atoms with E-state index in [9.17, 15) is 24.0 Å². The lowest BCUT2D eigenvalue weighted by atomic mass is 9.95. The van der Waals surface area contributed by atoms with E-state index in [1.807, 2.05) is 0 Å². The first kappa shape index (κ1) is 27.5. The fraction of sp³-hybridized carbons (Fsp3) is 0.300. The Morgan fingerprint density at radius 2 is 1.71 bits per heavy atom. The standard InChI is InChI=1S/C30H26N2O9S/c1-2-38-30(37)25-19-5-3-4-6-23(19)42-26(25)31-24(33)14-39-29(36)17-8-9-18-20(12-17)28(35)32(27(18)34)13-16-7-10-21-22(11-16)41-15-40-21/h7-12H,2-6,13-15H2,1H3,(H,31,33). The molecule has 6 rings (SSSR count). The Hall–Kier alpha value is -4.71. The van der Waals surface area contributed by atoms with Crippen molar-refractivity contribution in [3.63, 3.8) is 0 Å². The highest BCUT2D eigenvalue weighted by Crippen LogP contribution is 2.39. The van der Waals surface area contributed by atoms with Crippen LogP contribution in [0.15, 0.2) is 36.4 Å². The SMILES string of the molecule is CCOC(=O)c1c(NC(=O)COC(=O)c2ccc3c(c2)C(=O)N(Cc2ccc4c(c2)OCO4)C3=O)sc2c1CCCC2. The number of hydrogen-bond acceptors (Lipinski definition) is 10. The molecule has 0 saturated carbocycles. The molecule has 2 aliphatic heterocycles. The summed E-state index contributed by atoms with van der Waals surface area (Å²) in [5.74, 6) is -1.85. The van der Waals surface area contributed by atoms with Crippen LogP contribution in [0.2, 0.25) is 0 Å². The quantitative estimate of drug-likeness (QED) is 0.303. The third-order valence-corrected chi connectivity index (χ3v) is 8.43. The van der Waals surface area contributed by atoms with Crippen molar-refractivity contribution in [2.24, 2.45) is 0 Å². The van der Waals surface area contributed by atoms with Crippen molar-refractivity contribution in [1.82, 2.24) is 4.90 Å². The molecule has 0 saturated heterocycles.